The number of nitrogens with two attached hydrogens (primary N) is 1. The third-order valence-corrected chi connectivity index (χ3v) is 3.06. The quantitative estimate of drug-likeness (QED) is 0.262. The molecule has 27 heavy (non-hydrogen) atoms. The van der Waals surface area contributed by atoms with E-state index in [0.717, 1.165) is 18.2 Å². The zero-order chi connectivity index (χ0) is 19.4. The van der Waals surface area contributed by atoms with Crippen LogP contribution in [-0.2, 0) is 12.7 Å². The highest BCUT2D eigenvalue weighted by Gasteiger charge is 2.32. The monoisotopic (exact) mass is 505 g/mol. The summed E-state index contributed by atoms with van der Waals surface area (Å²) in [5.41, 5.74) is 4.91. The first kappa shape index (κ1) is 22.9. The Balaban J connectivity index is 0.00000364. The lowest BCUT2D eigenvalue weighted by Gasteiger charge is -2.14. The van der Waals surface area contributed by atoms with E-state index in [2.05, 4.69) is 15.0 Å². The Labute approximate surface area is 167 Å². The van der Waals surface area contributed by atoms with Gasteiger partial charge in [0.05, 0.1) is 17.8 Å². The number of halogens is 7. The first-order valence-electron chi connectivity index (χ1n) is 7.12. The minimum atomic E-state index is -4.89. The highest BCUT2D eigenvalue weighted by molar-refractivity contribution is 14.0. The Kier molecular flexibility index (Phi) is 7.75. The molecule has 0 radical (unpaired) electrons. The average Bonchev–Trinajstić information content (AvgIpc) is 2.53. The highest BCUT2D eigenvalue weighted by atomic mass is 127. The van der Waals surface area contributed by atoms with Crippen molar-refractivity contribution < 1.29 is 31.1 Å². The summed E-state index contributed by atoms with van der Waals surface area (Å²) in [5.74, 6) is -0.794. The number of hydrogen-bond donors (Lipinski definition) is 2. The van der Waals surface area contributed by atoms with Crippen molar-refractivity contribution in [3.8, 4) is 5.75 Å². The standard InChI is InChI=1S/C16H13F6N3O.HI/c17-15(18,19)11-5-3-4-10(8-11)9-24-14(23)25-12-6-1-2-7-13(12)26-16(20,21)22;/h1-8H,9H2,(H3,23,24,25);1H. The van der Waals surface area contributed by atoms with E-state index < -0.39 is 23.9 Å². The summed E-state index contributed by atoms with van der Waals surface area (Å²) >= 11 is 0. The number of hydrogen-bond acceptors (Lipinski definition) is 2. The number of nitrogens with zero attached hydrogens (tertiary/aromatic N) is 1. The molecule has 0 saturated heterocycles. The van der Waals surface area contributed by atoms with Crippen LogP contribution in [0.15, 0.2) is 53.5 Å². The first-order valence-corrected chi connectivity index (χ1v) is 7.12. The fraction of sp³-hybridized carbons (Fsp3) is 0.188. The Morgan fingerprint density at radius 1 is 1.00 bits per heavy atom. The Hall–Kier alpha value is -2.18. The summed E-state index contributed by atoms with van der Waals surface area (Å²) in [7, 11) is 0. The molecule has 2 aromatic carbocycles. The average molecular weight is 505 g/mol. The largest absolute Gasteiger partial charge is 0.573 e. The third-order valence-electron chi connectivity index (χ3n) is 3.06. The van der Waals surface area contributed by atoms with Crippen LogP contribution < -0.4 is 15.8 Å². The minimum absolute atomic E-state index is 0. The Morgan fingerprint density at radius 3 is 2.30 bits per heavy atom. The van der Waals surface area contributed by atoms with Crippen LogP contribution >= 0.6 is 24.0 Å². The minimum Gasteiger partial charge on any atom is -0.404 e. The van der Waals surface area contributed by atoms with Crippen molar-refractivity contribution in [2.24, 2.45) is 10.7 Å². The normalized spacial score (nSPS) is 12.3. The molecule has 11 heteroatoms. The van der Waals surface area contributed by atoms with E-state index >= 15 is 0 Å². The van der Waals surface area contributed by atoms with Gasteiger partial charge >= 0.3 is 12.5 Å². The molecule has 0 aromatic heterocycles. The molecule has 0 heterocycles. The first-order chi connectivity index (χ1) is 12.0. The lowest BCUT2D eigenvalue weighted by atomic mass is 10.1. The summed E-state index contributed by atoms with van der Waals surface area (Å²) < 4.78 is 78.9. The molecule has 0 fully saturated rings. The van der Waals surface area contributed by atoms with Gasteiger partial charge in [-0.05, 0) is 29.8 Å². The maximum Gasteiger partial charge on any atom is 0.573 e. The van der Waals surface area contributed by atoms with Gasteiger partial charge in [0.15, 0.2) is 11.7 Å². The highest BCUT2D eigenvalue weighted by Crippen LogP contribution is 2.30. The predicted octanol–water partition coefficient (Wildman–Crippen LogP) is 5.15. The second-order valence-electron chi connectivity index (χ2n) is 5.07. The van der Waals surface area contributed by atoms with Crippen molar-refractivity contribution >= 4 is 35.6 Å². The Morgan fingerprint density at radius 2 is 1.67 bits per heavy atom. The SMILES string of the molecule is I.NC(=NCc1cccc(C(F)(F)F)c1)Nc1ccccc1OC(F)(F)F. The summed E-state index contributed by atoms with van der Waals surface area (Å²) in [4.78, 5) is 3.83. The van der Waals surface area contributed by atoms with Crippen molar-refractivity contribution in [3.05, 3.63) is 59.7 Å². The molecule has 0 aliphatic carbocycles. The zero-order valence-electron chi connectivity index (χ0n) is 13.4. The molecule has 0 amide bonds. The van der Waals surface area contributed by atoms with Crippen LogP contribution in [0.3, 0.4) is 0 Å². The fourth-order valence-corrected chi connectivity index (χ4v) is 1.98. The summed E-state index contributed by atoms with van der Waals surface area (Å²) in [5, 5.41) is 2.43. The van der Waals surface area contributed by atoms with Gasteiger partial charge in [-0.2, -0.15) is 13.2 Å². The van der Waals surface area contributed by atoms with Crippen LogP contribution in [0.4, 0.5) is 32.0 Å². The molecule has 0 bridgehead atoms. The lowest BCUT2D eigenvalue weighted by Crippen LogP contribution is -2.24. The second kappa shape index (κ2) is 9.15. The van der Waals surface area contributed by atoms with Crippen molar-refractivity contribution in [3.63, 3.8) is 0 Å². The third kappa shape index (κ3) is 7.53. The number of para-hydroxylation sites is 2. The molecular weight excluding hydrogens is 491 g/mol. The smallest absolute Gasteiger partial charge is 0.404 e. The van der Waals surface area contributed by atoms with Crippen molar-refractivity contribution in [1.82, 2.24) is 0 Å². The number of nitrogens with one attached hydrogen (secondary N) is 1. The summed E-state index contributed by atoms with van der Waals surface area (Å²) in [6, 6.07) is 9.63. The lowest BCUT2D eigenvalue weighted by molar-refractivity contribution is -0.274. The van der Waals surface area contributed by atoms with Crippen LogP contribution in [0, 0.1) is 0 Å². The fourth-order valence-electron chi connectivity index (χ4n) is 1.98. The van der Waals surface area contributed by atoms with Crippen LogP contribution in [0.5, 0.6) is 5.75 Å². The van der Waals surface area contributed by atoms with E-state index in [1.807, 2.05) is 0 Å². The van der Waals surface area contributed by atoms with Gasteiger partial charge in [-0.15, -0.1) is 37.1 Å². The predicted molar refractivity (Wildman–Crippen MR) is 98.9 cm³/mol. The molecule has 0 spiro atoms. The second-order valence-corrected chi connectivity index (χ2v) is 5.07. The summed E-state index contributed by atoms with van der Waals surface area (Å²) in [6.07, 6.45) is -9.38. The van der Waals surface area contributed by atoms with E-state index in [9.17, 15) is 26.3 Å². The van der Waals surface area contributed by atoms with Gasteiger partial charge in [0.2, 0.25) is 0 Å². The molecule has 2 rings (SSSR count). The summed E-state index contributed by atoms with van der Waals surface area (Å²) in [6.45, 7) is -0.189. The van der Waals surface area contributed by atoms with E-state index in [0.29, 0.717) is 0 Å². The van der Waals surface area contributed by atoms with E-state index in [4.69, 9.17) is 5.73 Å². The van der Waals surface area contributed by atoms with Crippen molar-refractivity contribution in [2.75, 3.05) is 5.32 Å². The Bertz CT molecular complexity index is 792. The molecule has 2 aromatic rings. The number of anilines is 1. The van der Waals surface area contributed by atoms with E-state index in [1.54, 1.807) is 0 Å². The molecule has 0 saturated carbocycles. The van der Waals surface area contributed by atoms with Crippen LogP contribution in [0.1, 0.15) is 11.1 Å². The molecule has 0 unspecified atom stereocenters. The number of aliphatic imine (C=N–C) groups is 1. The molecule has 0 aliphatic heterocycles. The molecule has 4 nitrogen and oxygen atoms in total. The zero-order valence-corrected chi connectivity index (χ0v) is 15.8. The topological polar surface area (TPSA) is 59.6 Å². The maximum absolute atomic E-state index is 12.7. The molecule has 3 N–H and O–H groups in total. The van der Waals surface area contributed by atoms with Gasteiger partial charge in [-0.25, -0.2) is 4.99 Å². The molecule has 0 atom stereocenters. The number of alkyl halides is 6. The molecule has 0 aliphatic rings. The van der Waals surface area contributed by atoms with Gasteiger partial charge in [-0.1, -0.05) is 24.3 Å². The van der Waals surface area contributed by atoms with Gasteiger partial charge in [-0.3, -0.25) is 0 Å². The van der Waals surface area contributed by atoms with Crippen molar-refractivity contribution in [2.45, 2.75) is 19.1 Å². The van der Waals surface area contributed by atoms with Crippen LogP contribution in [-0.4, -0.2) is 12.3 Å². The van der Waals surface area contributed by atoms with Gasteiger partial charge in [0.25, 0.3) is 0 Å². The number of benzene rings is 2. The van der Waals surface area contributed by atoms with Gasteiger partial charge < -0.3 is 15.8 Å². The molecule has 148 valence electrons. The van der Waals surface area contributed by atoms with E-state index in [-0.39, 0.29) is 47.7 Å². The van der Waals surface area contributed by atoms with Crippen molar-refractivity contribution in [1.29, 1.82) is 0 Å². The van der Waals surface area contributed by atoms with E-state index in [1.165, 1.54) is 30.3 Å². The number of guanidine groups is 1. The van der Waals surface area contributed by atoms with Crippen LogP contribution in [0.2, 0.25) is 0 Å². The molecular formula is C16H14F6IN3O. The van der Waals surface area contributed by atoms with Gasteiger partial charge in [0.1, 0.15) is 0 Å². The number of rotatable bonds is 4. The maximum atomic E-state index is 12.7. The van der Waals surface area contributed by atoms with Gasteiger partial charge in [0, 0.05) is 0 Å². The number of ether oxygens (including phenoxy) is 1. The van der Waals surface area contributed by atoms with Crippen LogP contribution in [0.25, 0.3) is 0 Å².